The fraction of sp³-hybridized carbons (Fsp3) is 0.898. The monoisotopic (exact) mass is 872 g/mol. The maximum Gasteiger partial charge on any atom is 0.407 e. The summed E-state index contributed by atoms with van der Waals surface area (Å²) in [4.78, 5) is 40.7. The van der Waals surface area contributed by atoms with E-state index in [0.29, 0.717) is 55.6 Å². The molecule has 0 aromatic heterocycles. The van der Waals surface area contributed by atoms with Gasteiger partial charge in [-0.15, -0.1) is 0 Å². The molecule has 2 unspecified atom stereocenters. The lowest BCUT2D eigenvalue weighted by Gasteiger charge is -2.73. The molecule has 346 valence electrons. The van der Waals surface area contributed by atoms with E-state index < -0.39 is 33.2 Å². The van der Waals surface area contributed by atoms with Crippen molar-refractivity contribution in [1.82, 2.24) is 15.5 Å². The summed E-state index contributed by atoms with van der Waals surface area (Å²) in [5.74, 6) is 0.703. The SMILES string of the molecule is C=C(C)[C@@H]1CC[C@]2(NCC(C(C)NC(=O)OC(C)C)N3CCS(=O)(=O)CC3)CC[C@]3(C)[C@H](CC[C@@H]4[C@@]5(C)CC[C@H](OC(=O)[C@H]6C[C@@H](C(=O)O)C6(C)C)C(C)(C)[C@@H]5CC[C@]43C)[C@@H]12. The highest BCUT2D eigenvalue weighted by Crippen LogP contribution is 2.76. The second-order valence-electron chi connectivity index (χ2n) is 23.7. The van der Waals surface area contributed by atoms with Crippen LogP contribution < -0.4 is 10.6 Å². The van der Waals surface area contributed by atoms with Crippen molar-refractivity contribution in [2.45, 2.75) is 177 Å². The van der Waals surface area contributed by atoms with Gasteiger partial charge < -0.3 is 25.2 Å². The summed E-state index contributed by atoms with van der Waals surface area (Å²) in [7, 11) is -3.07. The first-order valence-corrected chi connectivity index (χ1v) is 25.8. The molecule has 11 nitrogen and oxygen atoms in total. The van der Waals surface area contributed by atoms with Gasteiger partial charge in [0.05, 0.1) is 29.4 Å². The predicted octanol–water partition coefficient (Wildman–Crippen LogP) is 8.27. The molecule has 0 aromatic carbocycles. The molecule has 3 N–H and O–H groups in total. The molecule has 61 heavy (non-hydrogen) atoms. The van der Waals surface area contributed by atoms with E-state index in [2.05, 4.69) is 63.7 Å². The smallest absolute Gasteiger partial charge is 0.407 e. The molecule has 0 aromatic rings. The fourth-order valence-corrected chi connectivity index (χ4v) is 17.4. The zero-order valence-corrected chi connectivity index (χ0v) is 40.3. The largest absolute Gasteiger partial charge is 0.481 e. The van der Waals surface area contributed by atoms with Gasteiger partial charge in [-0.1, -0.05) is 60.6 Å². The van der Waals surface area contributed by atoms with Crippen molar-refractivity contribution in [1.29, 1.82) is 0 Å². The van der Waals surface area contributed by atoms with Gasteiger partial charge in [-0.3, -0.25) is 14.5 Å². The quantitative estimate of drug-likeness (QED) is 0.137. The second kappa shape index (κ2) is 16.1. The van der Waals surface area contributed by atoms with Crippen molar-refractivity contribution in [3.63, 3.8) is 0 Å². The first kappa shape index (κ1) is 46.8. The lowest BCUT2D eigenvalue weighted by molar-refractivity contribution is -0.248. The third kappa shape index (κ3) is 7.71. The number of carboxylic acids is 1. The number of carboxylic acid groups (broad SMARTS) is 1. The number of fused-ring (bicyclic) bond motifs is 7. The maximum absolute atomic E-state index is 13.7. The van der Waals surface area contributed by atoms with Crippen LogP contribution in [0.3, 0.4) is 0 Å². The van der Waals surface area contributed by atoms with Crippen LogP contribution in [0.5, 0.6) is 0 Å². The second-order valence-corrected chi connectivity index (χ2v) is 26.0. The third-order valence-electron chi connectivity index (χ3n) is 19.9. The molecule has 1 heterocycles. The van der Waals surface area contributed by atoms with Gasteiger partial charge in [0.15, 0.2) is 9.84 Å². The van der Waals surface area contributed by atoms with Crippen LogP contribution in [0.15, 0.2) is 12.2 Å². The number of alkyl carbamates (subject to hydrolysis) is 1. The summed E-state index contributed by atoms with van der Waals surface area (Å²) in [5, 5.41) is 17.1. The maximum atomic E-state index is 13.7. The molecule has 6 saturated carbocycles. The number of allylic oxidation sites excluding steroid dienone is 1. The van der Waals surface area contributed by atoms with E-state index in [1.165, 1.54) is 18.4 Å². The minimum absolute atomic E-state index is 0.0697. The van der Waals surface area contributed by atoms with Gasteiger partial charge in [0, 0.05) is 42.7 Å². The number of hydrogen-bond donors (Lipinski definition) is 3. The Morgan fingerprint density at radius 2 is 1.49 bits per heavy atom. The van der Waals surface area contributed by atoms with Crippen molar-refractivity contribution in [3.05, 3.63) is 12.2 Å². The van der Waals surface area contributed by atoms with Gasteiger partial charge in [0.1, 0.15) is 6.10 Å². The van der Waals surface area contributed by atoms with Crippen LogP contribution in [-0.4, -0.2) is 97.4 Å². The first-order valence-electron chi connectivity index (χ1n) is 24.0. The number of ether oxygens (including phenoxy) is 2. The number of aliphatic carboxylic acids is 1. The standard InChI is InChI=1S/C49H81N3O8S/c1-29(2)32-15-20-49(50-28-36(31(5)51-43(56)59-30(3)4)52-23-25-61(57,58)26-24-52)22-21-47(11)33(40(32)49)13-14-38-46(10)18-17-39(45(8,9)37(46)16-19-48(38,47)12)60-42(55)35-27-34(41(53)54)44(35,6)7/h30-40,50H,1,13-28H2,2-12H3,(H,51,56)(H,53,54)/t31?,32-,33+,34-,35+,36?,37-,38+,39-,40+,46-,47+,48+,49-/m0/s1. The van der Waals surface area contributed by atoms with Gasteiger partial charge >= 0.3 is 18.0 Å². The van der Waals surface area contributed by atoms with Gasteiger partial charge in [-0.25, -0.2) is 13.2 Å². The van der Waals surface area contributed by atoms with Crippen LogP contribution in [0.1, 0.15) is 147 Å². The number of rotatable bonds is 11. The van der Waals surface area contributed by atoms with Crippen molar-refractivity contribution < 1.29 is 37.4 Å². The number of sulfone groups is 1. The van der Waals surface area contributed by atoms with E-state index in [1.54, 1.807) is 0 Å². The van der Waals surface area contributed by atoms with Crippen LogP contribution >= 0.6 is 0 Å². The van der Waals surface area contributed by atoms with Crippen LogP contribution in [-0.2, 0) is 28.9 Å². The van der Waals surface area contributed by atoms with E-state index in [4.69, 9.17) is 9.47 Å². The van der Waals surface area contributed by atoms with Crippen LogP contribution in [0, 0.1) is 68.5 Å². The van der Waals surface area contributed by atoms with Crippen molar-refractivity contribution in [3.8, 4) is 0 Å². The van der Waals surface area contributed by atoms with E-state index >= 15 is 0 Å². The molecule has 1 aliphatic heterocycles. The Labute approximate surface area is 368 Å². The lowest BCUT2D eigenvalue weighted by atomic mass is 9.32. The first-order chi connectivity index (χ1) is 28.2. The summed E-state index contributed by atoms with van der Waals surface area (Å²) in [6, 6.07) is -0.338. The number of nitrogens with zero attached hydrogens (tertiary/aromatic N) is 1. The number of carbonyl (C=O) groups is 3. The van der Waals surface area contributed by atoms with Crippen LogP contribution in [0.25, 0.3) is 0 Å². The highest BCUT2D eigenvalue weighted by Gasteiger charge is 2.71. The van der Waals surface area contributed by atoms with E-state index in [0.717, 1.165) is 51.4 Å². The third-order valence-corrected chi connectivity index (χ3v) is 21.5. The Hall–Kier alpha value is -2.18. The average Bonchev–Trinajstić information content (AvgIpc) is 3.53. The normalized spacial score (nSPS) is 43.2. The molecule has 7 fully saturated rings. The molecule has 0 spiro atoms. The van der Waals surface area contributed by atoms with Crippen LogP contribution in [0.4, 0.5) is 4.79 Å². The highest BCUT2D eigenvalue weighted by atomic mass is 32.2. The predicted molar refractivity (Wildman–Crippen MR) is 238 cm³/mol. The molecule has 1 saturated heterocycles. The number of amides is 1. The van der Waals surface area contributed by atoms with Gasteiger partial charge in [-0.05, 0) is 150 Å². The number of esters is 1. The zero-order chi connectivity index (χ0) is 44.9. The summed E-state index contributed by atoms with van der Waals surface area (Å²) in [6.45, 7) is 30.5. The molecule has 14 atom stereocenters. The topological polar surface area (TPSA) is 151 Å². The van der Waals surface area contributed by atoms with Crippen LogP contribution in [0.2, 0.25) is 0 Å². The molecule has 0 bridgehead atoms. The highest BCUT2D eigenvalue weighted by molar-refractivity contribution is 7.91. The summed E-state index contributed by atoms with van der Waals surface area (Å²) in [5.41, 5.74) is 0.805. The van der Waals surface area contributed by atoms with E-state index in [1.807, 2.05) is 34.6 Å². The summed E-state index contributed by atoms with van der Waals surface area (Å²) < 4.78 is 37.0. The van der Waals surface area contributed by atoms with Crippen molar-refractivity contribution in [2.24, 2.45) is 68.5 Å². The molecular weight excluding hydrogens is 791 g/mol. The van der Waals surface area contributed by atoms with E-state index in [9.17, 15) is 27.9 Å². The Morgan fingerprint density at radius 1 is 0.820 bits per heavy atom. The fourth-order valence-electron chi connectivity index (χ4n) is 16.1. The Bertz CT molecular complexity index is 1830. The molecule has 6 aliphatic carbocycles. The zero-order valence-electron chi connectivity index (χ0n) is 39.5. The van der Waals surface area contributed by atoms with Crippen molar-refractivity contribution >= 4 is 27.9 Å². The van der Waals surface area contributed by atoms with Gasteiger partial charge in [0.2, 0.25) is 0 Å². The minimum atomic E-state index is -3.07. The lowest BCUT2D eigenvalue weighted by Crippen LogP contribution is -2.69. The molecule has 12 heteroatoms. The molecule has 0 radical (unpaired) electrons. The van der Waals surface area contributed by atoms with Crippen molar-refractivity contribution in [2.75, 3.05) is 31.1 Å². The minimum Gasteiger partial charge on any atom is -0.481 e. The number of hydrogen-bond acceptors (Lipinski definition) is 9. The van der Waals surface area contributed by atoms with E-state index in [-0.39, 0.29) is 74.9 Å². The number of carbonyl (C=O) groups excluding carboxylic acids is 2. The Kier molecular flexibility index (Phi) is 12.3. The summed E-state index contributed by atoms with van der Waals surface area (Å²) in [6.07, 6.45) is 10.5. The average molecular weight is 872 g/mol. The molecule has 1 amide bonds. The molecule has 7 rings (SSSR count). The molecular formula is C49H81N3O8S. The van der Waals surface area contributed by atoms with Gasteiger partial charge in [0.25, 0.3) is 0 Å². The summed E-state index contributed by atoms with van der Waals surface area (Å²) >= 11 is 0. The Morgan fingerprint density at radius 3 is 2.10 bits per heavy atom. The number of nitrogens with one attached hydrogen (secondary N) is 2. The molecule has 7 aliphatic rings. The van der Waals surface area contributed by atoms with Gasteiger partial charge in [-0.2, -0.15) is 0 Å². The Balaban J connectivity index is 1.11.